The van der Waals surface area contributed by atoms with E-state index < -0.39 is 0 Å². The number of nitrogens with zero attached hydrogens (tertiary/aromatic N) is 4. The minimum absolute atomic E-state index is 0.586. The second-order valence-corrected chi connectivity index (χ2v) is 23.2. The minimum atomic E-state index is 0.586. The van der Waals surface area contributed by atoms with Gasteiger partial charge in [-0.1, -0.05) is 194 Å². The Kier molecular flexibility index (Phi) is 10.6. The maximum absolute atomic E-state index is 7.18. The van der Waals surface area contributed by atoms with E-state index in [0.29, 0.717) is 17.5 Å². The number of hydrogen-bond donors (Lipinski definition) is 0. The van der Waals surface area contributed by atoms with Crippen LogP contribution < -0.4 is 0 Å². The summed E-state index contributed by atoms with van der Waals surface area (Å²) < 4.78 is 14.5. The van der Waals surface area contributed by atoms with Gasteiger partial charge < -0.3 is 8.98 Å². The highest BCUT2D eigenvalue weighted by Gasteiger charge is 2.26. The van der Waals surface area contributed by atoms with Gasteiger partial charge in [0.1, 0.15) is 11.2 Å². The Labute approximate surface area is 478 Å². The minimum Gasteiger partial charge on any atom is -0.455 e. The van der Waals surface area contributed by atoms with E-state index in [1.165, 1.54) is 40.3 Å². The predicted octanol–water partition coefficient (Wildman–Crippen LogP) is 21.3. The van der Waals surface area contributed by atoms with Crippen molar-refractivity contribution in [3.8, 4) is 84.4 Å². The van der Waals surface area contributed by atoms with Gasteiger partial charge in [0.2, 0.25) is 0 Å². The molecular weight excluding hydrogens is 1040 g/mol. The molecule has 0 fully saturated rings. The van der Waals surface area contributed by atoms with Crippen molar-refractivity contribution in [1.82, 2.24) is 19.5 Å². The first kappa shape index (κ1) is 46.6. The van der Waals surface area contributed by atoms with Crippen molar-refractivity contribution in [2.75, 3.05) is 0 Å². The molecule has 0 saturated carbocycles. The van der Waals surface area contributed by atoms with Crippen molar-refractivity contribution in [2.45, 2.75) is 0 Å². The van der Waals surface area contributed by atoms with Crippen LogP contribution in [0.15, 0.2) is 271 Å². The van der Waals surface area contributed by atoms with Gasteiger partial charge in [0.15, 0.2) is 17.5 Å². The molecule has 0 spiro atoms. The van der Waals surface area contributed by atoms with Crippen LogP contribution in [0, 0.1) is 0 Å². The van der Waals surface area contributed by atoms with Crippen LogP contribution >= 0.6 is 22.7 Å². The molecule has 5 aromatic heterocycles. The summed E-state index contributed by atoms with van der Waals surface area (Å²) >= 11 is 3.60. The summed E-state index contributed by atoms with van der Waals surface area (Å²) in [7, 11) is 0. The summed E-state index contributed by atoms with van der Waals surface area (Å²) in [6.07, 6.45) is 0. The Morgan fingerprint density at radius 1 is 0.280 bits per heavy atom. The molecule has 0 saturated heterocycles. The van der Waals surface area contributed by atoms with Crippen LogP contribution in [0.3, 0.4) is 0 Å². The number of fused-ring (bicyclic) bond motifs is 13. The van der Waals surface area contributed by atoms with Gasteiger partial charge in [-0.2, -0.15) is 0 Å². The molecule has 0 amide bonds. The number of aromatic nitrogens is 4. The van der Waals surface area contributed by atoms with Crippen molar-refractivity contribution in [1.29, 1.82) is 0 Å². The summed E-state index contributed by atoms with van der Waals surface area (Å²) in [6, 6.07) is 95.9. The zero-order valence-electron chi connectivity index (χ0n) is 43.9. The Bertz CT molecular complexity index is 5200. The van der Waals surface area contributed by atoms with E-state index in [1.54, 1.807) is 22.7 Å². The third kappa shape index (κ3) is 7.55. The summed E-state index contributed by atoms with van der Waals surface area (Å²) in [5, 5.41) is 9.28. The molecule has 17 rings (SSSR count). The Balaban J connectivity index is 0.944. The van der Waals surface area contributed by atoms with Gasteiger partial charge in [0.05, 0.1) is 22.1 Å². The summed E-state index contributed by atoms with van der Waals surface area (Å²) in [4.78, 5) is 16.4. The Morgan fingerprint density at radius 3 is 1.27 bits per heavy atom. The summed E-state index contributed by atoms with van der Waals surface area (Å²) in [5.41, 5.74) is 16.3. The first-order valence-corrected chi connectivity index (χ1v) is 29.2. The van der Waals surface area contributed by atoms with Gasteiger partial charge in [-0.05, 0) is 106 Å². The van der Waals surface area contributed by atoms with Gasteiger partial charge >= 0.3 is 0 Å². The van der Waals surface area contributed by atoms with Crippen LogP contribution in [-0.4, -0.2) is 19.5 Å². The fraction of sp³-hybridized carbons (Fsp3) is 0. The van der Waals surface area contributed by atoms with Crippen LogP contribution in [-0.2, 0) is 0 Å². The molecule has 0 aliphatic rings. The van der Waals surface area contributed by atoms with Crippen LogP contribution in [0.5, 0.6) is 0 Å². The standard InChI is InChI=1S/C75H44N4OS2/c1-5-17-45(18-6-1)49-32-37-63-62(39-49)70-64(38-36-59-54-33-29-50(42-65(54)80-72(59)70)46-19-7-2-8-20-46)79(63)71-60(47-21-9-3-10-22-47)40-53(41-61(71)48-23-11-4-12-24-48)75-77-73(51-30-34-57-55-25-13-15-27-66(55)81-68(57)43-51)76-74(78-75)52-31-35-58-56-26-14-16-28-67(56)82-69(58)44-52/h1-44H. The van der Waals surface area contributed by atoms with Crippen LogP contribution in [0.4, 0.5) is 0 Å². The van der Waals surface area contributed by atoms with Crippen molar-refractivity contribution >= 4 is 107 Å². The third-order valence-electron chi connectivity index (χ3n) is 16.3. The van der Waals surface area contributed by atoms with E-state index in [-0.39, 0.29) is 0 Å². The number of hydrogen-bond acceptors (Lipinski definition) is 6. The predicted molar refractivity (Wildman–Crippen MR) is 345 cm³/mol. The van der Waals surface area contributed by atoms with Crippen LogP contribution in [0.2, 0.25) is 0 Å². The Hall–Kier alpha value is -10.3. The van der Waals surface area contributed by atoms with E-state index in [9.17, 15) is 0 Å². The highest BCUT2D eigenvalue weighted by Crippen LogP contribution is 2.48. The van der Waals surface area contributed by atoms with Crippen molar-refractivity contribution < 1.29 is 4.42 Å². The molecule has 0 aliphatic carbocycles. The van der Waals surface area contributed by atoms with E-state index in [0.717, 1.165) is 111 Å². The molecule has 0 atom stereocenters. The van der Waals surface area contributed by atoms with Gasteiger partial charge in [-0.25, -0.2) is 15.0 Å². The zero-order valence-corrected chi connectivity index (χ0v) is 45.6. The lowest BCUT2D eigenvalue weighted by molar-refractivity contribution is 0.673. The molecule has 0 aliphatic heterocycles. The number of benzene rings is 12. The highest BCUT2D eigenvalue weighted by molar-refractivity contribution is 7.26. The molecule has 5 heterocycles. The number of thiophene rings is 2. The topological polar surface area (TPSA) is 56.7 Å². The van der Waals surface area contributed by atoms with E-state index >= 15 is 0 Å². The normalized spacial score (nSPS) is 11.9. The molecule has 17 aromatic rings. The molecule has 0 N–H and O–H groups in total. The summed E-state index contributed by atoms with van der Waals surface area (Å²) in [6.45, 7) is 0. The Morgan fingerprint density at radius 2 is 0.707 bits per heavy atom. The van der Waals surface area contributed by atoms with Crippen molar-refractivity contribution in [2.24, 2.45) is 0 Å². The lowest BCUT2D eigenvalue weighted by atomic mass is 9.92. The second kappa shape index (κ2) is 18.6. The highest BCUT2D eigenvalue weighted by atomic mass is 32.1. The smallest absolute Gasteiger partial charge is 0.164 e. The molecule has 5 nitrogen and oxygen atoms in total. The van der Waals surface area contributed by atoms with E-state index in [2.05, 4.69) is 271 Å². The molecular formula is C75H44N4OS2. The van der Waals surface area contributed by atoms with E-state index in [1.807, 2.05) is 0 Å². The second-order valence-electron chi connectivity index (χ2n) is 21.0. The monoisotopic (exact) mass is 1080 g/mol. The molecule has 0 unspecified atom stereocenters. The summed E-state index contributed by atoms with van der Waals surface area (Å²) in [5.74, 6) is 1.82. The van der Waals surface area contributed by atoms with Gasteiger partial charge in [-0.15, -0.1) is 22.7 Å². The molecule has 82 heavy (non-hydrogen) atoms. The lowest BCUT2D eigenvalue weighted by Gasteiger charge is -2.21. The fourth-order valence-corrected chi connectivity index (χ4v) is 14.7. The van der Waals surface area contributed by atoms with Gasteiger partial charge in [0.25, 0.3) is 0 Å². The molecule has 0 radical (unpaired) electrons. The zero-order chi connectivity index (χ0) is 53.8. The first-order valence-electron chi connectivity index (χ1n) is 27.6. The SMILES string of the molecule is c1ccc(-c2ccc3c(c2)oc2c3ccc3c2c2cc(-c4ccccc4)ccc2n3-c2c(-c3ccccc3)cc(-c3nc(-c4ccc5c(c4)sc4ccccc45)nc(-c4ccc5c(c4)sc4ccccc45)n3)cc2-c2ccccc2)cc1. The van der Waals surface area contributed by atoms with Crippen molar-refractivity contribution in [3.05, 3.63) is 267 Å². The van der Waals surface area contributed by atoms with Crippen LogP contribution in [0.1, 0.15) is 0 Å². The number of furan rings is 1. The maximum Gasteiger partial charge on any atom is 0.164 e. The van der Waals surface area contributed by atoms with E-state index in [4.69, 9.17) is 19.4 Å². The molecule has 12 aromatic carbocycles. The van der Waals surface area contributed by atoms with Crippen molar-refractivity contribution in [3.63, 3.8) is 0 Å². The lowest BCUT2D eigenvalue weighted by Crippen LogP contribution is -2.04. The largest absolute Gasteiger partial charge is 0.455 e. The quantitative estimate of drug-likeness (QED) is 0.152. The van der Waals surface area contributed by atoms with Gasteiger partial charge in [0, 0.05) is 84.3 Å². The maximum atomic E-state index is 7.18. The average molecular weight is 1080 g/mol. The third-order valence-corrected chi connectivity index (χ3v) is 18.5. The average Bonchev–Trinajstić information content (AvgIpc) is 2.74. The fourth-order valence-electron chi connectivity index (χ4n) is 12.4. The van der Waals surface area contributed by atoms with Crippen LogP contribution in [0.25, 0.3) is 168 Å². The molecule has 382 valence electrons. The molecule has 0 bridgehead atoms. The molecule has 7 heteroatoms. The van der Waals surface area contributed by atoms with Gasteiger partial charge in [-0.3, -0.25) is 0 Å². The number of rotatable bonds is 8. The first-order chi connectivity index (χ1) is 40.6.